The van der Waals surface area contributed by atoms with Gasteiger partial charge in [-0.2, -0.15) is 13.2 Å². The number of nitrogens with one attached hydrogen (secondary N) is 2. The van der Waals surface area contributed by atoms with Crippen LogP contribution in [-0.2, 0) is 27.4 Å². The van der Waals surface area contributed by atoms with Crippen molar-refractivity contribution >= 4 is 27.7 Å². The molecule has 5 heterocycles. The van der Waals surface area contributed by atoms with Gasteiger partial charge < -0.3 is 15.4 Å². The fourth-order valence-corrected chi connectivity index (χ4v) is 7.42. The van der Waals surface area contributed by atoms with Crippen molar-refractivity contribution in [1.82, 2.24) is 14.9 Å². The van der Waals surface area contributed by atoms with Crippen LogP contribution in [0.4, 0.5) is 13.2 Å². The molecule has 1 spiro atoms. The largest absolute Gasteiger partial charge is 0.493 e. The van der Waals surface area contributed by atoms with Crippen molar-refractivity contribution in [2.45, 2.75) is 70.0 Å². The molecule has 0 saturated carbocycles. The number of ether oxygens (including phenoxy) is 1. The second-order valence-electron chi connectivity index (χ2n) is 12.0. The molecule has 2 N–H and O–H groups in total. The topological polar surface area (TPSA) is 117 Å². The molecule has 0 radical (unpaired) electrons. The smallest absolute Gasteiger partial charge is 0.416 e. The van der Waals surface area contributed by atoms with Crippen molar-refractivity contribution in [3.63, 3.8) is 0 Å². The number of fused-ring (bicyclic) bond motifs is 2. The first kappa shape index (κ1) is 33.6. The molecule has 5 aliphatic rings. The van der Waals surface area contributed by atoms with Crippen LogP contribution < -0.4 is 15.4 Å². The molecule has 248 valence electrons. The van der Waals surface area contributed by atoms with Crippen LogP contribution >= 0.6 is 0 Å². The van der Waals surface area contributed by atoms with Gasteiger partial charge in [-0.1, -0.05) is 24.6 Å². The van der Waals surface area contributed by atoms with E-state index in [0.29, 0.717) is 18.5 Å². The van der Waals surface area contributed by atoms with E-state index in [-0.39, 0.29) is 67.8 Å². The van der Waals surface area contributed by atoms with E-state index in [1.165, 1.54) is 10.4 Å². The van der Waals surface area contributed by atoms with Crippen LogP contribution in [0.2, 0.25) is 0 Å². The number of sulfonamides is 1. The van der Waals surface area contributed by atoms with Crippen molar-refractivity contribution in [3.05, 3.63) is 76.4 Å². The first-order valence-corrected chi connectivity index (χ1v) is 17.2. The van der Waals surface area contributed by atoms with Gasteiger partial charge >= 0.3 is 6.18 Å². The Balaban J connectivity index is 1.37. The van der Waals surface area contributed by atoms with Gasteiger partial charge in [-0.15, -0.1) is 0 Å². The number of hydrogen-bond donors (Lipinski definition) is 2. The quantitative estimate of drug-likeness (QED) is 0.389. The summed E-state index contributed by atoms with van der Waals surface area (Å²) < 4.78 is 74.9. The molecule has 9 nitrogen and oxygen atoms in total. The fourth-order valence-electron chi connectivity index (χ4n) is 5.94. The summed E-state index contributed by atoms with van der Waals surface area (Å²) in [7, 11) is -3.68. The highest BCUT2D eigenvalue weighted by Gasteiger charge is 2.47. The van der Waals surface area contributed by atoms with Gasteiger partial charge in [-0.25, -0.2) is 12.7 Å². The first-order valence-electron chi connectivity index (χ1n) is 15.6. The number of amidine groups is 1. The lowest BCUT2D eigenvalue weighted by molar-refractivity contribution is -0.137. The number of aryl methyl sites for hydroxylation is 2. The monoisotopic (exact) mass is 660 g/mol. The Morgan fingerprint density at radius 2 is 1.72 bits per heavy atom. The molecule has 1 saturated heterocycles. The van der Waals surface area contributed by atoms with Gasteiger partial charge in [0.25, 0.3) is 11.8 Å². The highest BCUT2D eigenvalue weighted by atomic mass is 32.2. The van der Waals surface area contributed by atoms with Crippen LogP contribution in [0.3, 0.4) is 0 Å². The molecule has 7 rings (SSSR count). The minimum atomic E-state index is -4.64. The van der Waals surface area contributed by atoms with E-state index in [0.717, 1.165) is 48.9 Å². The minimum Gasteiger partial charge on any atom is -0.493 e. The van der Waals surface area contributed by atoms with Gasteiger partial charge in [0.05, 0.1) is 17.9 Å². The third kappa shape index (κ3) is 7.98. The van der Waals surface area contributed by atoms with Gasteiger partial charge in [0.1, 0.15) is 17.1 Å². The van der Waals surface area contributed by atoms with E-state index < -0.39 is 33.2 Å². The van der Waals surface area contributed by atoms with Crippen molar-refractivity contribution in [3.8, 4) is 5.75 Å². The zero-order chi connectivity index (χ0) is 33.0. The Hall–Kier alpha value is -3.71. The Morgan fingerprint density at radius 1 is 0.957 bits per heavy atom. The third-order valence-corrected chi connectivity index (χ3v) is 10.6. The molecule has 7 bridgehead atoms. The Bertz CT molecular complexity index is 1630. The van der Waals surface area contributed by atoms with Crippen LogP contribution in [0.1, 0.15) is 77.6 Å². The SMILES string of the molecule is Cc1cc2ccc1CCS(=O)(=O)N1CCC3(CC1)N=C(NC3=O)c1cc(cc(C(F)(F)F)c1)OCC/C=C/CCCCCNC2=O. The average molecular weight is 661 g/mol. The van der Waals surface area contributed by atoms with Gasteiger partial charge in [0, 0.05) is 30.8 Å². The number of alkyl halides is 3. The van der Waals surface area contributed by atoms with Crippen molar-refractivity contribution in [2.24, 2.45) is 4.99 Å². The number of benzene rings is 2. The van der Waals surface area contributed by atoms with Crippen LogP contribution in [-0.4, -0.2) is 67.9 Å². The Kier molecular flexibility index (Phi) is 10.2. The lowest BCUT2D eigenvalue weighted by Gasteiger charge is -2.34. The summed E-state index contributed by atoms with van der Waals surface area (Å²) in [6.07, 6.45) is 3.73. The number of carbonyl (C=O) groups is 2. The summed E-state index contributed by atoms with van der Waals surface area (Å²) in [5.74, 6) is -0.759. The molecular formula is C33H39F3N4O5S. The van der Waals surface area contributed by atoms with Gasteiger partial charge in [-0.05, 0) is 93.3 Å². The molecule has 5 aliphatic heterocycles. The second-order valence-corrected chi connectivity index (χ2v) is 14.1. The van der Waals surface area contributed by atoms with Crippen molar-refractivity contribution < 1.29 is 35.9 Å². The molecule has 2 aromatic rings. The number of hydrogen-bond acceptors (Lipinski definition) is 6. The molecule has 13 heteroatoms. The van der Waals surface area contributed by atoms with E-state index in [1.807, 2.05) is 19.1 Å². The molecule has 46 heavy (non-hydrogen) atoms. The van der Waals surface area contributed by atoms with E-state index in [4.69, 9.17) is 4.74 Å². The number of rotatable bonds is 0. The number of aliphatic imine (C=N–C) groups is 1. The number of nitrogens with zero attached hydrogens (tertiary/aromatic N) is 2. The normalized spacial score (nSPS) is 25.4. The summed E-state index contributed by atoms with van der Waals surface area (Å²) in [5.41, 5.74) is 0.0641. The lowest BCUT2D eigenvalue weighted by Crippen LogP contribution is -2.50. The number of piperidine rings is 1. The molecule has 2 aromatic carbocycles. The highest BCUT2D eigenvalue weighted by Crippen LogP contribution is 2.36. The van der Waals surface area contributed by atoms with Crippen LogP contribution in [0.15, 0.2) is 53.5 Å². The Morgan fingerprint density at radius 3 is 2.46 bits per heavy atom. The molecular weight excluding hydrogens is 621 g/mol. The van der Waals surface area contributed by atoms with Gasteiger partial charge in [-0.3, -0.25) is 14.6 Å². The number of halogens is 3. The first-order chi connectivity index (χ1) is 21.9. The summed E-state index contributed by atoms with van der Waals surface area (Å²) in [5, 5.41) is 5.58. The zero-order valence-electron chi connectivity index (χ0n) is 25.8. The number of amides is 2. The van der Waals surface area contributed by atoms with E-state index in [9.17, 15) is 31.2 Å². The van der Waals surface area contributed by atoms with Crippen molar-refractivity contribution in [1.29, 1.82) is 0 Å². The second kappa shape index (κ2) is 14.0. The predicted octanol–water partition coefficient (Wildman–Crippen LogP) is 4.93. The molecule has 0 atom stereocenters. The highest BCUT2D eigenvalue weighted by molar-refractivity contribution is 7.89. The summed E-state index contributed by atoms with van der Waals surface area (Å²) >= 11 is 0. The van der Waals surface area contributed by atoms with E-state index >= 15 is 0 Å². The van der Waals surface area contributed by atoms with Crippen LogP contribution in [0.5, 0.6) is 5.75 Å². The Labute approximate surface area is 267 Å². The molecule has 2 amide bonds. The maximum absolute atomic E-state index is 13.8. The number of carbonyl (C=O) groups excluding carboxylic acids is 2. The average Bonchev–Trinajstić information content (AvgIpc) is 3.33. The maximum atomic E-state index is 13.8. The lowest BCUT2D eigenvalue weighted by atomic mass is 9.89. The van der Waals surface area contributed by atoms with E-state index in [1.54, 1.807) is 18.2 Å². The minimum absolute atomic E-state index is 0.0110. The van der Waals surface area contributed by atoms with Gasteiger partial charge in [0.2, 0.25) is 10.0 Å². The predicted molar refractivity (Wildman–Crippen MR) is 168 cm³/mol. The van der Waals surface area contributed by atoms with Crippen LogP contribution in [0.25, 0.3) is 0 Å². The van der Waals surface area contributed by atoms with Crippen molar-refractivity contribution in [2.75, 3.05) is 32.0 Å². The summed E-state index contributed by atoms with van der Waals surface area (Å²) in [6, 6.07) is 8.56. The molecule has 1 fully saturated rings. The summed E-state index contributed by atoms with van der Waals surface area (Å²) in [4.78, 5) is 30.3. The maximum Gasteiger partial charge on any atom is 0.416 e. The van der Waals surface area contributed by atoms with Crippen LogP contribution in [0, 0.1) is 6.92 Å². The molecule has 0 aromatic heterocycles. The molecule has 0 unspecified atom stereocenters. The zero-order valence-corrected chi connectivity index (χ0v) is 26.6. The fraction of sp³-hybridized carbons (Fsp3) is 0.485. The standard InChI is InChI=1S/C33H39F3N4O5S/c1-23-19-25-10-9-24(23)11-18-46(43,44)40-15-12-32(13-16-40)31(42)38-29(39-32)26-20-27(33(34,35)36)22-28(21-26)45-17-8-6-4-2-3-5-7-14-37-30(25)41/h4,6,9-10,19-22H,2-3,5,7-8,11-18H2,1H3,(H,37,41)(H,38,39,42)/b6-4+. The van der Waals surface area contributed by atoms with E-state index in [2.05, 4.69) is 15.6 Å². The van der Waals surface area contributed by atoms with Gasteiger partial charge in [0.15, 0.2) is 0 Å². The molecule has 0 aliphatic carbocycles. The third-order valence-electron chi connectivity index (χ3n) is 8.72. The number of allylic oxidation sites excluding steroid dienone is 1. The summed E-state index contributed by atoms with van der Waals surface area (Å²) in [6.45, 7) is 2.66.